The van der Waals surface area contributed by atoms with Gasteiger partial charge in [-0.2, -0.15) is 5.10 Å². The molecule has 1 aromatic carbocycles. The van der Waals surface area contributed by atoms with E-state index in [1.54, 1.807) is 12.1 Å². The number of anilines is 1. The zero-order chi connectivity index (χ0) is 25.8. The summed E-state index contributed by atoms with van der Waals surface area (Å²) in [6, 6.07) is 9.04. The van der Waals surface area contributed by atoms with E-state index in [-0.39, 0.29) is 22.4 Å². The summed E-state index contributed by atoms with van der Waals surface area (Å²) in [7, 11) is 1.49. The Labute approximate surface area is 216 Å². The van der Waals surface area contributed by atoms with Crippen LogP contribution in [0.4, 0.5) is 10.2 Å². The number of aromatic nitrogens is 4. The van der Waals surface area contributed by atoms with Gasteiger partial charge in [-0.25, -0.2) is 4.39 Å². The van der Waals surface area contributed by atoms with Crippen molar-refractivity contribution in [3.63, 3.8) is 0 Å². The fourth-order valence-corrected chi connectivity index (χ4v) is 6.58. The molecule has 2 N–H and O–H groups in total. The van der Waals surface area contributed by atoms with Crippen LogP contribution in [0.25, 0.3) is 22.4 Å². The molecule has 2 unspecified atom stereocenters. The SMILES string of the molecule is COc1cc(-c2cc(O)c(-c3ccc(N(C4CC4)C4CC5(C)CCCC(C)(C4)N5)nn3)c(F)c2)cnn1. The van der Waals surface area contributed by atoms with Crippen molar-refractivity contribution in [1.29, 1.82) is 0 Å². The number of nitrogens with one attached hydrogen (secondary N) is 1. The molecule has 2 saturated heterocycles. The van der Waals surface area contributed by atoms with Crippen LogP contribution in [0, 0.1) is 5.82 Å². The number of phenolic OH excluding ortho intramolecular Hbond substituents is 1. The Bertz CT molecular complexity index is 1280. The van der Waals surface area contributed by atoms with Crippen molar-refractivity contribution < 1.29 is 14.2 Å². The third-order valence-electron chi connectivity index (χ3n) is 8.18. The van der Waals surface area contributed by atoms with Crippen LogP contribution in [0.3, 0.4) is 0 Å². The van der Waals surface area contributed by atoms with Crippen LogP contribution in [0.2, 0.25) is 0 Å². The second kappa shape index (κ2) is 8.90. The number of phenols is 1. The lowest BCUT2D eigenvalue weighted by Gasteiger charge is -2.55. The van der Waals surface area contributed by atoms with Gasteiger partial charge < -0.3 is 20.1 Å². The minimum Gasteiger partial charge on any atom is -0.507 e. The van der Waals surface area contributed by atoms with Crippen molar-refractivity contribution in [3.05, 3.63) is 42.3 Å². The zero-order valence-electron chi connectivity index (χ0n) is 21.5. The fraction of sp³-hybridized carbons (Fsp3) is 0.500. The molecule has 9 heteroatoms. The summed E-state index contributed by atoms with van der Waals surface area (Å²) in [5.41, 5.74) is 1.67. The van der Waals surface area contributed by atoms with Crippen LogP contribution in [0.5, 0.6) is 11.6 Å². The Morgan fingerprint density at radius 2 is 1.76 bits per heavy atom. The van der Waals surface area contributed by atoms with Crippen molar-refractivity contribution in [1.82, 2.24) is 25.7 Å². The molecule has 6 rings (SSSR count). The highest BCUT2D eigenvalue weighted by Gasteiger charge is 2.49. The van der Waals surface area contributed by atoms with Gasteiger partial charge in [0, 0.05) is 34.8 Å². The second-order valence-electron chi connectivity index (χ2n) is 11.4. The number of aromatic hydroxyl groups is 1. The number of rotatable bonds is 6. The van der Waals surface area contributed by atoms with Gasteiger partial charge in [-0.15, -0.1) is 15.3 Å². The van der Waals surface area contributed by atoms with E-state index in [1.165, 1.54) is 44.7 Å². The van der Waals surface area contributed by atoms with E-state index in [2.05, 4.69) is 44.5 Å². The van der Waals surface area contributed by atoms with Crippen LogP contribution in [-0.4, -0.2) is 55.8 Å². The average Bonchev–Trinajstić information content (AvgIpc) is 3.68. The lowest BCUT2D eigenvalue weighted by molar-refractivity contribution is 0.0766. The highest BCUT2D eigenvalue weighted by Crippen LogP contribution is 2.45. The average molecular weight is 505 g/mol. The largest absolute Gasteiger partial charge is 0.507 e. The molecule has 194 valence electrons. The molecular weight excluding hydrogens is 471 g/mol. The number of fused-ring (bicyclic) bond motifs is 2. The number of methoxy groups -OCH3 is 1. The Morgan fingerprint density at radius 3 is 2.38 bits per heavy atom. The predicted molar refractivity (Wildman–Crippen MR) is 139 cm³/mol. The Morgan fingerprint density at radius 1 is 1.00 bits per heavy atom. The maximum atomic E-state index is 15.3. The number of halogens is 1. The molecule has 2 atom stereocenters. The molecule has 2 aromatic heterocycles. The fourth-order valence-electron chi connectivity index (χ4n) is 6.58. The summed E-state index contributed by atoms with van der Waals surface area (Å²) in [6.07, 6.45) is 9.62. The standard InChI is InChI=1S/C28H33FN6O2/c1-27-9-4-10-28(2,34-27)15-20(14-27)35(19-5-6-19)24-8-7-22(31-32-24)26-21(29)11-17(12-23(26)36)18-13-25(37-3)33-30-16-18/h7-8,11-13,16,19-20,34,36H,4-6,9-10,14-15H2,1-3H3. The highest BCUT2D eigenvalue weighted by molar-refractivity contribution is 5.75. The summed E-state index contributed by atoms with van der Waals surface area (Å²) < 4.78 is 20.4. The van der Waals surface area contributed by atoms with Crippen molar-refractivity contribution >= 4 is 5.82 Å². The van der Waals surface area contributed by atoms with Crippen LogP contribution in [0.15, 0.2) is 36.5 Å². The molecule has 2 aliphatic heterocycles. The first-order chi connectivity index (χ1) is 17.8. The van der Waals surface area contributed by atoms with E-state index < -0.39 is 5.82 Å². The van der Waals surface area contributed by atoms with Crippen molar-refractivity contribution in [2.45, 2.75) is 82.0 Å². The van der Waals surface area contributed by atoms with Crippen molar-refractivity contribution in [2.24, 2.45) is 0 Å². The first-order valence-corrected chi connectivity index (χ1v) is 13.1. The third-order valence-corrected chi connectivity index (χ3v) is 8.18. The first-order valence-electron chi connectivity index (χ1n) is 13.1. The first kappa shape index (κ1) is 24.0. The molecule has 8 nitrogen and oxygen atoms in total. The molecule has 37 heavy (non-hydrogen) atoms. The van der Waals surface area contributed by atoms with E-state index in [0.29, 0.717) is 34.8 Å². The maximum absolute atomic E-state index is 15.3. The lowest BCUT2D eigenvalue weighted by atomic mass is 9.69. The minimum atomic E-state index is -0.584. The van der Waals surface area contributed by atoms with Gasteiger partial charge in [-0.05, 0) is 88.6 Å². The molecule has 0 amide bonds. The summed E-state index contributed by atoms with van der Waals surface area (Å²) in [6.45, 7) is 4.70. The topological polar surface area (TPSA) is 96.3 Å². The summed E-state index contributed by atoms with van der Waals surface area (Å²) in [5.74, 6) is 0.344. The monoisotopic (exact) mass is 504 g/mol. The number of piperidine rings is 2. The van der Waals surface area contributed by atoms with Gasteiger partial charge in [0.1, 0.15) is 11.6 Å². The molecule has 2 bridgehead atoms. The molecule has 4 heterocycles. The van der Waals surface area contributed by atoms with Gasteiger partial charge in [0.2, 0.25) is 5.88 Å². The predicted octanol–water partition coefficient (Wildman–Crippen LogP) is 4.88. The molecule has 1 saturated carbocycles. The Hall–Kier alpha value is -3.33. The van der Waals surface area contributed by atoms with E-state index in [1.807, 2.05) is 6.07 Å². The molecular formula is C28H33FN6O2. The van der Waals surface area contributed by atoms with Gasteiger partial charge in [0.25, 0.3) is 0 Å². The van der Waals surface area contributed by atoms with E-state index in [0.717, 1.165) is 31.5 Å². The van der Waals surface area contributed by atoms with Crippen LogP contribution in [-0.2, 0) is 0 Å². The minimum absolute atomic E-state index is 0.0335. The number of nitrogens with zero attached hydrogens (tertiary/aromatic N) is 5. The number of ether oxygens (including phenoxy) is 1. The Balaban J connectivity index is 1.28. The Kier molecular flexibility index (Phi) is 5.78. The second-order valence-corrected chi connectivity index (χ2v) is 11.4. The molecule has 1 aliphatic carbocycles. The normalized spacial score (nSPS) is 27.1. The lowest BCUT2D eigenvalue weighted by Crippen LogP contribution is -2.67. The highest BCUT2D eigenvalue weighted by atomic mass is 19.1. The smallest absolute Gasteiger partial charge is 0.233 e. The summed E-state index contributed by atoms with van der Waals surface area (Å²) in [4.78, 5) is 2.46. The van der Waals surface area contributed by atoms with Crippen LogP contribution < -0.4 is 15.0 Å². The molecule has 3 aliphatic rings. The van der Waals surface area contributed by atoms with Gasteiger partial charge in [-0.3, -0.25) is 0 Å². The number of hydrogen-bond donors (Lipinski definition) is 2. The van der Waals surface area contributed by atoms with Crippen LogP contribution >= 0.6 is 0 Å². The van der Waals surface area contributed by atoms with Crippen molar-refractivity contribution in [2.75, 3.05) is 12.0 Å². The van der Waals surface area contributed by atoms with Crippen molar-refractivity contribution in [3.8, 4) is 34.0 Å². The van der Waals surface area contributed by atoms with Crippen LogP contribution in [0.1, 0.15) is 58.8 Å². The zero-order valence-corrected chi connectivity index (χ0v) is 21.5. The van der Waals surface area contributed by atoms with E-state index in [9.17, 15) is 5.11 Å². The number of hydrogen-bond acceptors (Lipinski definition) is 8. The van der Waals surface area contributed by atoms with Gasteiger partial charge >= 0.3 is 0 Å². The van der Waals surface area contributed by atoms with Gasteiger partial charge in [0.15, 0.2) is 5.82 Å². The molecule has 3 fully saturated rings. The van der Waals surface area contributed by atoms with E-state index >= 15 is 4.39 Å². The number of benzene rings is 1. The molecule has 0 radical (unpaired) electrons. The summed E-state index contributed by atoms with van der Waals surface area (Å²) in [5, 5.41) is 31.3. The molecule has 0 spiro atoms. The third kappa shape index (κ3) is 4.61. The van der Waals surface area contributed by atoms with Gasteiger partial charge in [0.05, 0.1) is 24.6 Å². The van der Waals surface area contributed by atoms with E-state index in [4.69, 9.17) is 4.74 Å². The quantitative estimate of drug-likeness (QED) is 0.491. The van der Waals surface area contributed by atoms with Gasteiger partial charge in [-0.1, -0.05) is 0 Å². The maximum Gasteiger partial charge on any atom is 0.233 e. The summed E-state index contributed by atoms with van der Waals surface area (Å²) >= 11 is 0. The molecule has 3 aromatic rings.